The van der Waals surface area contributed by atoms with E-state index in [1.807, 2.05) is 6.92 Å². The van der Waals surface area contributed by atoms with Crippen molar-refractivity contribution in [2.45, 2.75) is 44.7 Å². The molecule has 10 heteroatoms. The SMILES string of the molecule is CCNC(=O)C(CC)N(Cc1ccc(OC)cc1)C(=O)CN(c1ccc(F)cc1)S(=O)(=O)c1ccc(C)cc1. The van der Waals surface area contributed by atoms with Crippen LogP contribution in [0.3, 0.4) is 0 Å². The highest BCUT2D eigenvalue weighted by Crippen LogP contribution is 2.25. The molecule has 0 aromatic heterocycles. The van der Waals surface area contributed by atoms with Gasteiger partial charge in [-0.1, -0.05) is 36.8 Å². The van der Waals surface area contributed by atoms with Gasteiger partial charge in [0.2, 0.25) is 11.8 Å². The lowest BCUT2D eigenvalue weighted by Gasteiger charge is -2.33. The number of ether oxygens (including phenoxy) is 1. The van der Waals surface area contributed by atoms with E-state index in [4.69, 9.17) is 4.74 Å². The van der Waals surface area contributed by atoms with Crippen LogP contribution in [0.15, 0.2) is 77.7 Å². The number of carbonyl (C=O) groups is 2. The molecule has 1 N–H and O–H groups in total. The second kappa shape index (κ2) is 13.2. The molecule has 1 unspecified atom stereocenters. The van der Waals surface area contributed by atoms with Gasteiger partial charge in [-0.25, -0.2) is 12.8 Å². The Morgan fingerprint density at radius 1 is 0.949 bits per heavy atom. The molecule has 0 aliphatic carbocycles. The highest BCUT2D eigenvalue weighted by molar-refractivity contribution is 7.92. The van der Waals surface area contributed by atoms with Gasteiger partial charge in [0.25, 0.3) is 10.0 Å². The third-order valence-electron chi connectivity index (χ3n) is 6.25. The quantitative estimate of drug-likeness (QED) is 0.360. The maximum absolute atomic E-state index is 13.9. The molecule has 0 saturated heterocycles. The lowest BCUT2D eigenvalue weighted by atomic mass is 10.1. The van der Waals surface area contributed by atoms with Gasteiger partial charge in [-0.15, -0.1) is 0 Å². The number of benzene rings is 3. The number of nitrogens with zero attached hydrogens (tertiary/aromatic N) is 2. The molecule has 1 atom stereocenters. The molecule has 0 aliphatic rings. The third kappa shape index (κ3) is 7.35. The van der Waals surface area contributed by atoms with Crippen molar-refractivity contribution in [3.63, 3.8) is 0 Å². The first-order chi connectivity index (χ1) is 18.6. The number of nitrogens with one attached hydrogen (secondary N) is 1. The predicted molar refractivity (Wildman–Crippen MR) is 148 cm³/mol. The molecule has 0 radical (unpaired) electrons. The summed E-state index contributed by atoms with van der Waals surface area (Å²) in [5, 5.41) is 2.76. The molecule has 2 amide bonds. The highest BCUT2D eigenvalue weighted by Gasteiger charge is 2.33. The Morgan fingerprint density at radius 3 is 2.10 bits per heavy atom. The van der Waals surface area contributed by atoms with Gasteiger partial charge in [0, 0.05) is 13.1 Å². The van der Waals surface area contributed by atoms with Crippen LogP contribution in [0.1, 0.15) is 31.4 Å². The second-order valence-electron chi connectivity index (χ2n) is 8.99. The predicted octanol–water partition coefficient (Wildman–Crippen LogP) is 4.28. The molecule has 3 aromatic carbocycles. The van der Waals surface area contributed by atoms with Crippen LogP contribution in [0, 0.1) is 12.7 Å². The molecule has 0 saturated carbocycles. The number of anilines is 1. The van der Waals surface area contributed by atoms with Crippen LogP contribution in [0.2, 0.25) is 0 Å². The summed E-state index contributed by atoms with van der Waals surface area (Å²) in [7, 11) is -2.66. The van der Waals surface area contributed by atoms with E-state index in [0.29, 0.717) is 18.7 Å². The van der Waals surface area contributed by atoms with E-state index < -0.39 is 34.3 Å². The van der Waals surface area contributed by atoms with Gasteiger partial charge in [0.05, 0.1) is 17.7 Å². The maximum Gasteiger partial charge on any atom is 0.264 e. The molecule has 208 valence electrons. The summed E-state index contributed by atoms with van der Waals surface area (Å²) in [6.07, 6.45) is 0.314. The van der Waals surface area contributed by atoms with Crippen LogP contribution < -0.4 is 14.4 Å². The van der Waals surface area contributed by atoms with Crippen molar-refractivity contribution in [2.24, 2.45) is 0 Å². The van der Waals surface area contributed by atoms with Crippen LogP contribution in [-0.4, -0.2) is 51.4 Å². The zero-order valence-corrected chi connectivity index (χ0v) is 23.4. The molecule has 0 bridgehead atoms. The van der Waals surface area contributed by atoms with Gasteiger partial charge >= 0.3 is 0 Å². The number of sulfonamides is 1. The molecule has 0 spiro atoms. The summed E-state index contributed by atoms with van der Waals surface area (Å²) in [5.74, 6) is -0.819. The number of carbonyl (C=O) groups excluding carboxylic acids is 2. The lowest BCUT2D eigenvalue weighted by molar-refractivity contribution is -0.140. The molecule has 0 heterocycles. The van der Waals surface area contributed by atoms with Crippen molar-refractivity contribution in [1.29, 1.82) is 0 Å². The Kier molecular flexibility index (Phi) is 10.1. The number of amides is 2. The fraction of sp³-hybridized carbons (Fsp3) is 0.310. The summed E-state index contributed by atoms with van der Waals surface area (Å²) in [5.41, 5.74) is 1.74. The number of aryl methyl sites for hydroxylation is 1. The third-order valence-corrected chi connectivity index (χ3v) is 8.04. The number of rotatable bonds is 12. The van der Waals surface area contributed by atoms with E-state index in [2.05, 4.69) is 5.32 Å². The summed E-state index contributed by atoms with van der Waals surface area (Å²) in [4.78, 5) is 28.2. The summed E-state index contributed by atoms with van der Waals surface area (Å²) >= 11 is 0. The van der Waals surface area contributed by atoms with Gasteiger partial charge in [-0.2, -0.15) is 0 Å². The fourth-order valence-corrected chi connectivity index (χ4v) is 5.53. The van der Waals surface area contributed by atoms with Crippen molar-refractivity contribution in [1.82, 2.24) is 10.2 Å². The van der Waals surface area contributed by atoms with Crippen LogP contribution >= 0.6 is 0 Å². The standard InChI is InChI=1S/C29H34FN3O5S/c1-5-27(29(35)31-6-2)32(19-22-9-15-25(38-4)16-10-22)28(34)20-33(24-13-11-23(30)12-14-24)39(36,37)26-17-7-21(3)8-18-26/h7-18,27H,5-6,19-20H2,1-4H3,(H,31,35). The summed E-state index contributed by atoms with van der Waals surface area (Å²) in [6, 6.07) is 17.4. The first-order valence-electron chi connectivity index (χ1n) is 12.7. The molecule has 0 aliphatic heterocycles. The maximum atomic E-state index is 13.9. The molecule has 39 heavy (non-hydrogen) atoms. The van der Waals surface area contributed by atoms with Crippen LogP contribution in [-0.2, 0) is 26.2 Å². The molecule has 3 aromatic rings. The number of hydrogen-bond donors (Lipinski definition) is 1. The summed E-state index contributed by atoms with van der Waals surface area (Å²) < 4.78 is 47.4. The Morgan fingerprint density at radius 2 is 1.56 bits per heavy atom. The minimum Gasteiger partial charge on any atom is -0.497 e. The topological polar surface area (TPSA) is 96.0 Å². The minimum atomic E-state index is -4.21. The van der Waals surface area contributed by atoms with Crippen LogP contribution in [0.4, 0.5) is 10.1 Å². The Labute approximate surface area is 229 Å². The first kappa shape index (κ1) is 29.6. The van der Waals surface area contributed by atoms with E-state index in [1.54, 1.807) is 57.4 Å². The van der Waals surface area contributed by atoms with E-state index in [9.17, 15) is 22.4 Å². The second-order valence-corrected chi connectivity index (χ2v) is 10.9. The number of hydrogen-bond acceptors (Lipinski definition) is 5. The van der Waals surface area contributed by atoms with Crippen molar-refractivity contribution in [3.8, 4) is 5.75 Å². The average molecular weight is 556 g/mol. The van der Waals surface area contributed by atoms with E-state index in [-0.39, 0.29) is 23.0 Å². The number of likely N-dealkylation sites (N-methyl/N-ethyl adjacent to an activating group) is 1. The normalized spacial score (nSPS) is 11.9. The van der Waals surface area contributed by atoms with Gasteiger partial charge < -0.3 is 15.0 Å². The van der Waals surface area contributed by atoms with E-state index >= 15 is 0 Å². The average Bonchev–Trinajstić information content (AvgIpc) is 2.92. The zero-order chi connectivity index (χ0) is 28.6. The van der Waals surface area contributed by atoms with E-state index in [0.717, 1.165) is 27.6 Å². The smallest absolute Gasteiger partial charge is 0.264 e. The number of halogens is 1. The van der Waals surface area contributed by atoms with Gasteiger partial charge in [0.1, 0.15) is 24.2 Å². The molecular weight excluding hydrogens is 521 g/mol. The van der Waals surface area contributed by atoms with Crippen molar-refractivity contribution >= 4 is 27.5 Å². The molecule has 3 rings (SSSR count). The molecular formula is C29H34FN3O5S. The minimum absolute atomic E-state index is 0.0114. The Balaban J connectivity index is 2.04. The Hall–Kier alpha value is -3.92. The highest BCUT2D eigenvalue weighted by atomic mass is 32.2. The fourth-order valence-electron chi connectivity index (χ4n) is 4.11. The Bertz CT molecular complexity index is 1360. The largest absolute Gasteiger partial charge is 0.497 e. The van der Waals surface area contributed by atoms with Gasteiger partial charge in [-0.05, 0) is 74.4 Å². The van der Waals surface area contributed by atoms with Crippen LogP contribution in [0.25, 0.3) is 0 Å². The lowest BCUT2D eigenvalue weighted by Crippen LogP contribution is -2.52. The molecule has 0 fully saturated rings. The summed E-state index contributed by atoms with van der Waals surface area (Å²) in [6.45, 7) is 5.26. The first-order valence-corrected chi connectivity index (χ1v) is 14.1. The van der Waals surface area contributed by atoms with Crippen molar-refractivity contribution < 1.29 is 27.1 Å². The zero-order valence-electron chi connectivity index (χ0n) is 22.6. The molecule has 8 nitrogen and oxygen atoms in total. The van der Waals surface area contributed by atoms with Crippen molar-refractivity contribution in [3.05, 3.63) is 89.7 Å². The van der Waals surface area contributed by atoms with Gasteiger partial charge in [-0.3, -0.25) is 13.9 Å². The monoisotopic (exact) mass is 555 g/mol. The van der Waals surface area contributed by atoms with Gasteiger partial charge in [0.15, 0.2) is 0 Å². The number of methoxy groups -OCH3 is 1. The van der Waals surface area contributed by atoms with E-state index in [1.165, 1.54) is 29.2 Å². The van der Waals surface area contributed by atoms with Crippen LogP contribution in [0.5, 0.6) is 5.75 Å². The van der Waals surface area contributed by atoms with Crippen molar-refractivity contribution in [2.75, 3.05) is 24.5 Å².